The van der Waals surface area contributed by atoms with Crippen molar-refractivity contribution in [3.05, 3.63) is 59.2 Å². The van der Waals surface area contributed by atoms with E-state index in [9.17, 15) is 14.7 Å². The first kappa shape index (κ1) is 18.9. The van der Waals surface area contributed by atoms with Crippen molar-refractivity contribution in [1.82, 2.24) is 4.90 Å². The molecular weight excluding hydrogens is 366 g/mol. The van der Waals surface area contributed by atoms with Gasteiger partial charge in [-0.1, -0.05) is 24.3 Å². The quantitative estimate of drug-likeness (QED) is 0.834. The molecule has 0 aliphatic carbocycles. The van der Waals surface area contributed by atoms with Crippen LogP contribution in [-0.4, -0.2) is 40.8 Å². The van der Waals surface area contributed by atoms with E-state index in [4.69, 9.17) is 5.73 Å². The summed E-state index contributed by atoms with van der Waals surface area (Å²) in [5.74, 6) is -0.632. The Kier molecular flexibility index (Phi) is 5.16. The highest BCUT2D eigenvalue weighted by Crippen LogP contribution is 2.32. The van der Waals surface area contributed by atoms with Crippen LogP contribution >= 0.6 is 0 Å². The van der Waals surface area contributed by atoms with Crippen molar-refractivity contribution in [2.24, 2.45) is 10.7 Å². The molecule has 2 aromatic rings. The van der Waals surface area contributed by atoms with E-state index in [0.717, 1.165) is 42.6 Å². The number of amides is 1. The van der Waals surface area contributed by atoms with Gasteiger partial charge in [-0.3, -0.25) is 4.79 Å². The maximum absolute atomic E-state index is 12.6. The fraction of sp³-hybridized carbons (Fsp3) is 0.261. The Balaban J connectivity index is 1.60. The number of carbonyl (C=O) groups excluding carboxylic acids is 1. The summed E-state index contributed by atoms with van der Waals surface area (Å²) in [5.41, 5.74) is 10.1. The summed E-state index contributed by atoms with van der Waals surface area (Å²) in [6.45, 7) is 1.66. The van der Waals surface area contributed by atoms with Gasteiger partial charge in [0, 0.05) is 36.2 Å². The first-order valence-corrected chi connectivity index (χ1v) is 9.82. The number of amidine groups is 1. The van der Waals surface area contributed by atoms with Crippen molar-refractivity contribution in [1.29, 1.82) is 0 Å². The number of benzene rings is 2. The lowest BCUT2D eigenvalue weighted by Gasteiger charge is -2.26. The van der Waals surface area contributed by atoms with Crippen molar-refractivity contribution < 1.29 is 14.7 Å². The molecule has 0 atom stereocenters. The number of fused-ring (bicyclic) bond motifs is 1. The van der Waals surface area contributed by atoms with Gasteiger partial charge in [0.2, 0.25) is 0 Å². The van der Waals surface area contributed by atoms with Gasteiger partial charge < -0.3 is 15.7 Å². The number of rotatable bonds is 3. The number of nitrogens with two attached hydrogens (primary N) is 1. The van der Waals surface area contributed by atoms with Crippen LogP contribution in [-0.2, 0) is 4.79 Å². The average molecular weight is 389 g/mol. The number of carboxylic acids is 1. The fourth-order valence-electron chi connectivity index (χ4n) is 3.79. The van der Waals surface area contributed by atoms with Gasteiger partial charge in [-0.25, -0.2) is 9.79 Å². The number of likely N-dealkylation sites (tertiary alicyclic amines) is 1. The number of carbonyl (C=O) groups is 2. The van der Waals surface area contributed by atoms with Gasteiger partial charge in [0.25, 0.3) is 5.91 Å². The molecular formula is C23H23N3O3. The molecule has 1 amide bonds. The molecule has 2 aliphatic rings. The third-order valence-corrected chi connectivity index (χ3v) is 5.38. The SMILES string of the molecule is NC1=Nc2cc(-c3ccc(C(=O)N4CCCCC4)cc3)ccc2C=C(C(=O)O)C1. The summed E-state index contributed by atoms with van der Waals surface area (Å²) in [7, 11) is 0. The Hall–Kier alpha value is -3.41. The molecule has 0 bridgehead atoms. The Morgan fingerprint density at radius 1 is 0.966 bits per heavy atom. The molecule has 3 N–H and O–H groups in total. The molecule has 6 nitrogen and oxygen atoms in total. The molecule has 0 spiro atoms. The summed E-state index contributed by atoms with van der Waals surface area (Å²) < 4.78 is 0. The van der Waals surface area contributed by atoms with Crippen LogP contribution in [0.25, 0.3) is 17.2 Å². The Bertz CT molecular complexity index is 1020. The number of hydrogen-bond acceptors (Lipinski definition) is 4. The van der Waals surface area contributed by atoms with Crippen LogP contribution in [0.4, 0.5) is 5.69 Å². The number of aliphatic imine (C=N–C) groups is 1. The summed E-state index contributed by atoms with van der Waals surface area (Å²) >= 11 is 0. The lowest BCUT2D eigenvalue weighted by Crippen LogP contribution is -2.35. The molecule has 0 radical (unpaired) electrons. The van der Waals surface area contributed by atoms with E-state index in [1.807, 2.05) is 47.4 Å². The molecule has 4 rings (SSSR count). The minimum atomic E-state index is -0.992. The number of carboxylic acid groups (broad SMARTS) is 1. The molecule has 1 fully saturated rings. The van der Waals surface area contributed by atoms with Gasteiger partial charge in [-0.2, -0.15) is 0 Å². The van der Waals surface area contributed by atoms with Crippen molar-refractivity contribution in [3.63, 3.8) is 0 Å². The number of hydrogen-bond donors (Lipinski definition) is 2. The topological polar surface area (TPSA) is 96.0 Å². The molecule has 1 saturated heterocycles. The van der Waals surface area contributed by atoms with E-state index in [1.54, 1.807) is 6.08 Å². The number of aliphatic carboxylic acids is 1. The molecule has 2 heterocycles. The first-order chi connectivity index (χ1) is 14.0. The first-order valence-electron chi connectivity index (χ1n) is 9.82. The lowest BCUT2D eigenvalue weighted by molar-refractivity contribution is -0.132. The highest BCUT2D eigenvalue weighted by atomic mass is 16.4. The van der Waals surface area contributed by atoms with Crippen LogP contribution in [0.2, 0.25) is 0 Å². The molecule has 2 aliphatic heterocycles. The second-order valence-electron chi connectivity index (χ2n) is 7.46. The number of nitrogens with zero attached hydrogens (tertiary/aromatic N) is 2. The zero-order valence-corrected chi connectivity index (χ0v) is 16.1. The highest BCUT2D eigenvalue weighted by molar-refractivity contribution is 6.02. The van der Waals surface area contributed by atoms with Crippen LogP contribution in [0.1, 0.15) is 41.6 Å². The van der Waals surface area contributed by atoms with Crippen LogP contribution in [0.3, 0.4) is 0 Å². The zero-order valence-electron chi connectivity index (χ0n) is 16.1. The van der Waals surface area contributed by atoms with Crippen LogP contribution in [0.15, 0.2) is 53.0 Å². The molecule has 0 saturated carbocycles. The second-order valence-corrected chi connectivity index (χ2v) is 7.46. The average Bonchev–Trinajstić information content (AvgIpc) is 2.91. The van der Waals surface area contributed by atoms with E-state index in [1.165, 1.54) is 6.42 Å². The van der Waals surface area contributed by atoms with Gasteiger partial charge in [0.15, 0.2) is 0 Å². The van der Waals surface area contributed by atoms with Gasteiger partial charge >= 0.3 is 5.97 Å². The van der Waals surface area contributed by atoms with E-state index < -0.39 is 5.97 Å². The van der Waals surface area contributed by atoms with Crippen LogP contribution < -0.4 is 5.73 Å². The monoisotopic (exact) mass is 389 g/mol. The van der Waals surface area contributed by atoms with E-state index >= 15 is 0 Å². The van der Waals surface area contributed by atoms with Gasteiger partial charge in [0.1, 0.15) is 5.84 Å². The van der Waals surface area contributed by atoms with Crippen LogP contribution in [0.5, 0.6) is 0 Å². The van der Waals surface area contributed by atoms with E-state index in [2.05, 4.69) is 4.99 Å². The Morgan fingerprint density at radius 3 is 2.34 bits per heavy atom. The fourth-order valence-corrected chi connectivity index (χ4v) is 3.79. The van der Waals surface area contributed by atoms with Crippen molar-refractivity contribution in [2.75, 3.05) is 13.1 Å². The summed E-state index contributed by atoms with van der Waals surface area (Å²) in [6, 6.07) is 13.2. The minimum Gasteiger partial charge on any atom is -0.478 e. The highest BCUT2D eigenvalue weighted by Gasteiger charge is 2.18. The normalized spacial score (nSPS) is 16.3. The van der Waals surface area contributed by atoms with Crippen molar-refractivity contribution in [3.8, 4) is 11.1 Å². The molecule has 148 valence electrons. The summed E-state index contributed by atoms with van der Waals surface area (Å²) in [6.07, 6.45) is 5.07. The predicted molar refractivity (Wildman–Crippen MR) is 113 cm³/mol. The third kappa shape index (κ3) is 4.06. The third-order valence-electron chi connectivity index (χ3n) is 5.38. The van der Waals surface area contributed by atoms with Gasteiger partial charge in [-0.05, 0) is 54.7 Å². The second kappa shape index (κ2) is 7.91. The smallest absolute Gasteiger partial charge is 0.332 e. The maximum atomic E-state index is 12.6. The van der Waals surface area contributed by atoms with E-state index in [-0.39, 0.29) is 23.7 Å². The Morgan fingerprint density at radius 2 is 1.66 bits per heavy atom. The number of piperidine rings is 1. The minimum absolute atomic E-state index is 0.0851. The predicted octanol–water partition coefficient (Wildman–Crippen LogP) is 3.84. The molecule has 2 aromatic carbocycles. The van der Waals surface area contributed by atoms with Crippen LogP contribution in [0, 0.1) is 0 Å². The van der Waals surface area contributed by atoms with Crippen molar-refractivity contribution in [2.45, 2.75) is 25.7 Å². The van der Waals surface area contributed by atoms with Gasteiger partial charge in [-0.15, -0.1) is 0 Å². The standard InChI is InChI=1S/C23H23N3O3/c24-21-14-19(23(28)29)12-18-9-8-17(13-20(18)25-21)15-4-6-16(7-5-15)22(27)26-10-2-1-3-11-26/h4-9,12-13H,1-3,10-11,14H2,(H2,24,25)(H,28,29). The molecule has 0 aromatic heterocycles. The van der Waals surface area contributed by atoms with Crippen molar-refractivity contribution >= 4 is 29.5 Å². The lowest BCUT2D eigenvalue weighted by atomic mass is 9.99. The molecule has 0 unspecified atom stereocenters. The Labute approximate surface area is 169 Å². The van der Waals surface area contributed by atoms with E-state index in [0.29, 0.717) is 11.3 Å². The molecule has 6 heteroatoms. The maximum Gasteiger partial charge on any atom is 0.332 e. The van der Waals surface area contributed by atoms with Gasteiger partial charge in [0.05, 0.1) is 5.69 Å². The summed E-state index contributed by atoms with van der Waals surface area (Å²) in [5, 5.41) is 9.29. The largest absolute Gasteiger partial charge is 0.478 e. The zero-order chi connectivity index (χ0) is 20.4. The molecule has 29 heavy (non-hydrogen) atoms. The summed E-state index contributed by atoms with van der Waals surface area (Å²) in [4.78, 5) is 30.3.